The van der Waals surface area contributed by atoms with E-state index in [0.717, 1.165) is 17.9 Å². The van der Waals surface area contributed by atoms with Gasteiger partial charge in [-0.1, -0.05) is 35.0 Å². The van der Waals surface area contributed by atoms with Crippen molar-refractivity contribution in [3.8, 4) is 5.69 Å². The van der Waals surface area contributed by atoms with E-state index < -0.39 is 0 Å². The number of aryl methyl sites for hydroxylation is 2. The highest BCUT2D eigenvalue weighted by atomic mass is 16.5. The Morgan fingerprint density at radius 2 is 1.92 bits per heavy atom. The molecular weight excluding hydrogens is 298 g/mol. The maximum absolute atomic E-state index is 6.11. The first-order valence-corrected chi connectivity index (χ1v) is 8.47. The highest BCUT2D eigenvalue weighted by Crippen LogP contribution is 2.35. The molecule has 4 nitrogen and oxygen atoms in total. The summed E-state index contributed by atoms with van der Waals surface area (Å²) in [6.07, 6.45) is 3.34. The standard InChI is InChI=1S/C20H20N3O/c1-13-7-14(2)9-16(8-13)23-12-22-19(21-23)11-24-18-10-15-5-3-4-6-17(15)20(18)22/h3-9,12,18,20H,10-11H2,1-2H3/q+1/t18-,20+/m0/s1. The Hall–Kier alpha value is -2.46. The van der Waals surface area contributed by atoms with E-state index in [1.807, 2.05) is 4.68 Å². The third-order valence-electron chi connectivity index (χ3n) is 5.10. The molecule has 24 heavy (non-hydrogen) atoms. The van der Waals surface area contributed by atoms with Gasteiger partial charge in [-0.3, -0.25) is 0 Å². The lowest BCUT2D eigenvalue weighted by molar-refractivity contribution is -0.739. The van der Waals surface area contributed by atoms with Gasteiger partial charge in [0.05, 0.1) is 0 Å². The minimum Gasteiger partial charge on any atom is -0.363 e. The van der Waals surface area contributed by atoms with Crippen LogP contribution in [0.3, 0.4) is 0 Å². The SMILES string of the molecule is Cc1cc(C)cc(-n2c[n+]3c(n2)CO[C@H]2Cc4ccccc4[C@H]23)c1. The summed E-state index contributed by atoms with van der Waals surface area (Å²) >= 11 is 0. The van der Waals surface area contributed by atoms with Crippen LogP contribution in [0.2, 0.25) is 0 Å². The molecule has 0 saturated carbocycles. The van der Waals surface area contributed by atoms with Crippen molar-refractivity contribution in [3.05, 3.63) is 76.9 Å². The number of ether oxygens (including phenoxy) is 1. The average Bonchev–Trinajstić information content (AvgIpc) is 3.14. The molecule has 4 heteroatoms. The number of aromatic nitrogens is 3. The molecule has 1 aliphatic carbocycles. The second-order valence-electron chi connectivity index (χ2n) is 6.93. The summed E-state index contributed by atoms with van der Waals surface area (Å²) in [7, 11) is 0. The Labute approximate surface area is 141 Å². The summed E-state index contributed by atoms with van der Waals surface area (Å²) in [5.74, 6) is 0.993. The first kappa shape index (κ1) is 13.9. The van der Waals surface area contributed by atoms with Crippen LogP contribution in [0.15, 0.2) is 48.8 Å². The fourth-order valence-corrected chi connectivity index (χ4v) is 4.13. The van der Waals surface area contributed by atoms with E-state index in [4.69, 9.17) is 9.84 Å². The van der Waals surface area contributed by atoms with Crippen molar-refractivity contribution in [2.45, 2.75) is 39.0 Å². The van der Waals surface area contributed by atoms with Gasteiger partial charge < -0.3 is 4.74 Å². The lowest BCUT2D eigenvalue weighted by atomic mass is 10.1. The topological polar surface area (TPSA) is 30.9 Å². The minimum atomic E-state index is 0.219. The molecule has 3 aromatic rings. The highest BCUT2D eigenvalue weighted by Gasteiger charge is 2.43. The van der Waals surface area contributed by atoms with Gasteiger partial charge in [-0.25, -0.2) is 4.57 Å². The Kier molecular flexibility index (Phi) is 2.91. The smallest absolute Gasteiger partial charge is 0.304 e. The normalized spacial score (nSPS) is 21.2. The van der Waals surface area contributed by atoms with Crippen molar-refractivity contribution in [1.29, 1.82) is 0 Å². The van der Waals surface area contributed by atoms with Gasteiger partial charge in [-0.05, 0) is 48.2 Å². The maximum Gasteiger partial charge on any atom is 0.304 e. The summed E-state index contributed by atoms with van der Waals surface area (Å²) in [5.41, 5.74) is 6.38. The van der Waals surface area contributed by atoms with Crippen molar-refractivity contribution in [1.82, 2.24) is 9.78 Å². The zero-order valence-corrected chi connectivity index (χ0v) is 13.9. The van der Waals surface area contributed by atoms with Gasteiger partial charge in [0.25, 0.3) is 0 Å². The molecule has 2 aromatic carbocycles. The van der Waals surface area contributed by atoms with Gasteiger partial charge in [0.1, 0.15) is 24.4 Å². The average molecular weight is 318 g/mol. The zero-order chi connectivity index (χ0) is 16.3. The molecule has 1 aromatic heterocycles. The number of rotatable bonds is 1. The van der Waals surface area contributed by atoms with Gasteiger partial charge >= 0.3 is 5.82 Å². The van der Waals surface area contributed by atoms with E-state index in [2.05, 4.69) is 67.2 Å². The van der Waals surface area contributed by atoms with Gasteiger partial charge in [0, 0.05) is 11.5 Å². The molecule has 0 bridgehead atoms. The maximum atomic E-state index is 6.11. The number of fused-ring (bicyclic) bond motifs is 5. The van der Waals surface area contributed by atoms with E-state index in [9.17, 15) is 0 Å². The van der Waals surface area contributed by atoms with Crippen LogP contribution in [0, 0.1) is 13.8 Å². The number of hydrogen-bond donors (Lipinski definition) is 0. The van der Waals surface area contributed by atoms with E-state index in [1.165, 1.54) is 22.3 Å². The predicted octanol–water partition coefficient (Wildman–Crippen LogP) is 2.82. The molecule has 2 atom stereocenters. The fourth-order valence-electron chi connectivity index (χ4n) is 4.13. The lowest BCUT2D eigenvalue weighted by Gasteiger charge is -2.23. The van der Waals surface area contributed by atoms with Gasteiger partial charge in [0.15, 0.2) is 0 Å². The number of nitrogens with zero attached hydrogens (tertiary/aromatic N) is 3. The molecule has 0 unspecified atom stereocenters. The molecule has 1 aliphatic heterocycles. The van der Waals surface area contributed by atoms with Gasteiger partial charge in [-0.15, -0.1) is 0 Å². The summed E-state index contributed by atoms with van der Waals surface area (Å²) < 4.78 is 10.4. The number of benzene rings is 2. The van der Waals surface area contributed by atoms with Crippen LogP contribution in [-0.2, 0) is 17.8 Å². The zero-order valence-electron chi connectivity index (χ0n) is 13.9. The molecule has 0 spiro atoms. The van der Waals surface area contributed by atoms with Gasteiger partial charge in [0.2, 0.25) is 6.33 Å². The van der Waals surface area contributed by atoms with Crippen LogP contribution in [0.1, 0.15) is 34.1 Å². The Balaban J connectivity index is 1.63. The molecule has 0 fully saturated rings. The van der Waals surface area contributed by atoms with Crippen molar-refractivity contribution in [3.63, 3.8) is 0 Å². The first-order chi connectivity index (χ1) is 11.7. The molecule has 5 rings (SSSR count). The summed E-state index contributed by atoms with van der Waals surface area (Å²) in [6, 6.07) is 15.4. The largest absolute Gasteiger partial charge is 0.363 e. The fraction of sp³-hybridized carbons (Fsp3) is 0.300. The van der Waals surface area contributed by atoms with E-state index >= 15 is 0 Å². The van der Waals surface area contributed by atoms with Gasteiger partial charge in [-0.2, -0.15) is 0 Å². The van der Waals surface area contributed by atoms with Crippen LogP contribution in [0.5, 0.6) is 0 Å². The van der Waals surface area contributed by atoms with Crippen LogP contribution in [0.4, 0.5) is 0 Å². The van der Waals surface area contributed by atoms with Crippen molar-refractivity contribution in [2.75, 3.05) is 0 Å². The second-order valence-corrected chi connectivity index (χ2v) is 6.93. The van der Waals surface area contributed by atoms with Crippen LogP contribution >= 0.6 is 0 Å². The van der Waals surface area contributed by atoms with Crippen LogP contribution < -0.4 is 4.57 Å². The Bertz CT molecular complexity index is 924. The Morgan fingerprint density at radius 1 is 1.12 bits per heavy atom. The van der Waals surface area contributed by atoms with E-state index in [0.29, 0.717) is 6.61 Å². The first-order valence-electron chi connectivity index (χ1n) is 8.47. The minimum absolute atomic E-state index is 0.219. The van der Waals surface area contributed by atoms with E-state index in [-0.39, 0.29) is 12.1 Å². The highest BCUT2D eigenvalue weighted by molar-refractivity contribution is 5.38. The number of hydrogen-bond acceptors (Lipinski definition) is 2. The molecular formula is C20H20N3O+. The van der Waals surface area contributed by atoms with Crippen LogP contribution in [0.25, 0.3) is 5.69 Å². The van der Waals surface area contributed by atoms with Crippen LogP contribution in [-0.4, -0.2) is 15.9 Å². The van der Waals surface area contributed by atoms with Crippen molar-refractivity contribution < 1.29 is 9.30 Å². The molecule has 0 saturated heterocycles. The summed E-state index contributed by atoms with van der Waals surface area (Å²) in [5, 5.41) is 4.79. The monoisotopic (exact) mass is 318 g/mol. The second kappa shape index (κ2) is 5.02. The summed E-state index contributed by atoms with van der Waals surface area (Å²) in [4.78, 5) is 0. The molecule has 0 N–H and O–H groups in total. The third-order valence-corrected chi connectivity index (χ3v) is 5.10. The molecule has 2 heterocycles. The van der Waals surface area contributed by atoms with Crippen molar-refractivity contribution in [2.24, 2.45) is 0 Å². The Morgan fingerprint density at radius 3 is 2.75 bits per heavy atom. The molecule has 0 amide bonds. The third kappa shape index (κ3) is 2.03. The summed E-state index contributed by atoms with van der Waals surface area (Å²) in [6.45, 7) is 4.83. The molecule has 0 radical (unpaired) electrons. The van der Waals surface area contributed by atoms with Crippen molar-refractivity contribution >= 4 is 0 Å². The predicted molar refractivity (Wildman–Crippen MR) is 90.1 cm³/mol. The quantitative estimate of drug-likeness (QED) is 0.646. The van der Waals surface area contributed by atoms with E-state index in [1.54, 1.807) is 0 Å². The molecule has 2 aliphatic rings. The lowest BCUT2D eigenvalue weighted by Crippen LogP contribution is -2.51. The molecule has 120 valence electrons.